The second kappa shape index (κ2) is 5.86. The molecule has 0 saturated carbocycles. The van der Waals surface area contributed by atoms with Gasteiger partial charge < -0.3 is 4.90 Å². The van der Waals surface area contributed by atoms with Gasteiger partial charge in [0, 0.05) is 42.8 Å². The van der Waals surface area contributed by atoms with Crippen LogP contribution in [0.4, 0.5) is 5.69 Å². The molecule has 1 fully saturated rings. The number of nitro groups is 1. The lowest BCUT2D eigenvalue weighted by atomic mass is 10.2. The molecule has 1 aliphatic rings. The fourth-order valence-electron chi connectivity index (χ4n) is 2.41. The third kappa shape index (κ3) is 3.43. The number of non-ortho nitro benzene ring substituents is 1. The largest absolute Gasteiger partial charge is 0.305 e. The van der Waals surface area contributed by atoms with Crippen molar-refractivity contribution in [3.63, 3.8) is 0 Å². The summed E-state index contributed by atoms with van der Waals surface area (Å²) in [6.07, 6.45) is 1.12. The van der Waals surface area contributed by atoms with Gasteiger partial charge in [-0.2, -0.15) is 0 Å². The molecular formula is C13H18ClN3O2. The summed E-state index contributed by atoms with van der Waals surface area (Å²) in [5, 5.41) is 11.4. The van der Waals surface area contributed by atoms with Crippen LogP contribution in [0, 0.1) is 10.1 Å². The zero-order chi connectivity index (χ0) is 14.0. The molecular weight excluding hydrogens is 266 g/mol. The number of nitrogens with zero attached hydrogens (tertiary/aromatic N) is 3. The molecule has 1 atom stereocenters. The first-order chi connectivity index (χ1) is 8.97. The van der Waals surface area contributed by atoms with Crippen molar-refractivity contribution in [3.8, 4) is 0 Å². The summed E-state index contributed by atoms with van der Waals surface area (Å²) in [4.78, 5) is 14.9. The van der Waals surface area contributed by atoms with Gasteiger partial charge in [-0.05, 0) is 32.1 Å². The van der Waals surface area contributed by atoms with E-state index < -0.39 is 0 Å². The molecule has 5 nitrogen and oxygen atoms in total. The minimum Gasteiger partial charge on any atom is -0.305 e. The average molecular weight is 284 g/mol. The number of halogens is 1. The van der Waals surface area contributed by atoms with Crippen LogP contribution in [-0.4, -0.2) is 47.9 Å². The SMILES string of the molecule is CN(C)[C@@H]1CCN(Cc2cc([N+](=O)[O-])ccc2Cl)C1. The van der Waals surface area contributed by atoms with E-state index in [2.05, 4.69) is 23.9 Å². The molecule has 6 heteroatoms. The highest BCUT2D eigenvalue weighted by molar-refractivity contribution is 6.31. The third-order valence-electron chi connectivity index (χ3n) is 3.61. The minimum atomic E-state index is -0.383. The molecule has 1 aromatic carbocycles. The standard InChI is InChI=1S/C13H18ClN3O2/c1-15(2)12-5-6-16(9-12)8-10-7-11(17(18)19)3-4-13(10)14/h3-4,7,12H,5-6,8-9H2,1-2H3/t12-/m1/s1. The Bertz CT molecular complexity index is 479. The summed E-state index contributed by atoms with van der Waals surface area (Å²) in [6, 6.07) is 5.18. The lowest BCUT2D eigenvalue weighted by Crippen LogP contribution is -2.31. The van der Waals surface area contributed by atoms with Crippen LogP contribution in [0.25, 0.3) is 0 Å². The Hall–Kier alpha value is -1.17. The highest BCUT2D eigenvalue weighted by Crippen LogP contribution is 2.25. The molecule has 0 spiro atoms. The average Bonchev–Trinajstić information content (AvgIpc) is 2.80. The number of likely N-dealkylation sites (tertiary alicyclic amines) is 1. The molecule has 104 valence electrons. The van der Waals surface area contributed by atoms with Gasteiger partial charge in [0.1, 0.15) is 0 Å². The van der Waals surface area contributed by atoms with Crippen molar-refractivity contribution < 1.29 is 4.92 Å². The van der Waals surface area contributed by atoms with Crippen LogP contribution in [-0.2, 0) is 6.54 Å². The Kier molecular flexibility index (Phi) is 4.39. The number of nitro benzene ring substituents is 1. The summed E-state index contributed by atoms with van der Waals surface area (Å²) in [7, 11) is 4.16. The van der Waals surface area contributed by atoms with Gasteiger partial charge in [-0.1, -0.05) is 11.6 Å². The zero-order valence-electron chi connectivity index (χ0n) is 11.2. The summed E-state index contributed by atoms with van der Waals surface area (Å²) in [5.41, 5.74) is 0.929. The van der Waals surface area contributed by atoms with Crippen molar-refractivity contribution >= 4 is 17.3 Å². The lowest BCUT2D eigenvalue weighted by molar-refractivity contribution is -0.384. The van der Waals surface area contributed by atoms with E-state index in [1.54, 1.807) is 12.1 Å². The molecule has 2 rings (SSSR count). The second-order valence-corrected chi connectivity index (χ2v) is 5.58. The molecule has 19 heavy (non-hydrogen) atoms. The van der Waals surface area contributed by atoms with Crippen molar-refractivity contribution in [3.05, 3.63) is 38.9 Å². The molecule has 1 saturated heterocycles. The van der Waals surface area contributed by atoms with Crippen LogP contribution in [0.15, 0.2) is 18.2 Å². The first-order valence-electron chi connectivity index (χ1n) is 6.29. The minimum absolute atomic E-state index is 0.0998. The lowest BCUT2D eigenvalue weighted by Gasteiger charge is -2.20. The van der Waals surface area contributed by atoms with E-state index in [1.165, 1.54) is 6.07 Å². The number of hydrogen-bond acceptors (Lipinski definition) is 4. The maximum absolute atomic E-state index is 10.8. The summed E-state index contributed by atoms with van der Waals surface area (Å²) in [6.45, 7) is 2.65. The number of benzene rings is 1. The van der Waals surface area contributed by atoms with Gasteiger partial charge in [0.15, 0.2) is 0 Å². The number of likely N-dealkylation sites (N-methyl/N-ethyl adjacent to an activating group) is 1. The quantitative estimate of drug-likeness (QED) is 0.629. The zero-order valence-corrected chi connectivity index (χ0v) is 11.9. The smallest absolute Gasteiger partial charge is 0.269 e. The maximum Gasteiger partial charge on any atom is 0.269 e. The molecule has 0 unspecified atom stereocenters. The fraction of sp³-hybridized carbons (Fsp3) is 0.538. The Labute approximate surface area is 117 Å². The van der Waals surface area contributed by atoms with Gasteiger partial charge in [0.2, 0.25) is 0 Å². The Morgan fingerprint density at radius 3 is 2.84 bits per heavy atom. The molecule has 1 aromatic rings. The summed E-state index contributed by atoms with van der Waals surface area (Å²) < 4.78 is 0. The highest BCUT2D eigenvalue weighted by Gasteiger charge is 2.24. The van der Waals surface area contributed by atoms with Crippen molar-refractivity contribution in [1.29, 1.82) is 0 Å². The molecule has 0 aromatic heterocycles. The van der Waals surface area contributed by atoms with E-state index in [0.29, 0.717) is 17.6 Å². The first-order valence-corrected chi connectivity index (χ1v) is 6.67. The molecule has 1 aliphatic heterocycles. The van der Waals surface area contributed by atoms with E-state index in [0.717, 1.165) is 25.1 Å². The van der Waals surface area contributed by atoms with Gasteiger partial charge in [0.05, 0.1) is 4.92 Å². The fourth-order valence-corrected chi connectivity index (χ4v) is 2.59. The molecule has 0 aliphatic carbocycles. The van der Waals surface area contributed by atoms with E-state index in [-0.39, 0.29) is 10.6 Å². The van der Waals surface area contributed by atoms with Gasteiger partial charge in [-0.3, -0.25) is 15.0 Å². The van der Waals surface area contributed by atoms with E-state index in [9.17, 15) is 10.1 Å². The summed E-state index contributed by atoms with van der Waals surface area (Å²) >= 11 is 6.12. The molecule has 0 radical (unpaired) electrons. The Morgan fingerprint density at radius 2 is 2.26 bits per heavy atom. The van der Waals surface area contributed by atoms with E-state index >= 15 is 0 Å². The van der Waals surface area contributed by atoms with E-state index in [4.69, 9.17) is 11.6 Å². The summed E-state index contributed by atoms with van der Waals surface area (Å²) in [5.74, 6) is 0. The van der Waals surface area contributed by atoms with Crippen LogP contribution in [0.3, 0.4) is 0 Å². The second-order valence-electron chi connectivity index (χ2n) is 5.17. The van der Waals surface area contributed by atoms with E-state index in [1.807, 2.05) is 0 Å². The van der Waals surface area contributed by atoms with Gasteiger partial charge in [-0.15, -0.1) is 0 Å². The Balaban J connectivity index is 2.07. The van der Waals surface area contributed by atoms with Crippen LogP contribution in [0.1, 0.15) is 12.0 Å². The molecule has 0 amide bonds. The maximum atomic E-state index is 10.8. The predicted octanol–water partition coefficient (Wildman–Crippen LogP) is 2.38. The number of rotatable bonds is 4. The monoisotopic (exact) mass is 283 g/mol. The number of hydrogen-bond donors (Lipinski definition) is 0. The van der Waals surface area contributed by atoms with Crippen molar-refractivity contribution in [2.45, 2.75) is 19.0 Å². The molecule has 0 N–H and O–H groups in total. The van der Waals surface area contributed by atoms with Crippen molar-refractivity contribution in [2.75, 3.05) is 27.2 Å². The van der Waals surface area contributed by atoms with Gasteiger partial charge >= 0.3 is 0 Å². The molecule has 0 bridgehead atoms. The van der Waals surface area contributed by atoms with Crippen molar-refractivity contribution in [1.82, 2.24) is 9.80 Å². The molecule has 1 heterocycles. The first kappa shape index (κ1) is 14.2. The van der Waals surface area contributed by atoms with Crippen LogP contribution >= 0.6 is 11.6 Å². The Morgan fingerprint density at radius 1 is 1.53 bits per heavy atom. The van der Waals surface area contributed by atoms with Crippen LogP contribution in [0.2, 0.25) is 5.02 Å². The topological polar surface area (TPSA) is 49.6 Å². The normalized spacial score (nSPS) is 20.1. The van der Waals surface area contributed by atoms with Crippen LogP contribution in [0.5, 0.6) is 0 Å². The predicted molar refractivity (Wildman–Crippen MR) is 75.5 cm³/mol. The van der Waals surface area contributed by atoms with Crippen molar-refractivity contribution in [2.24, 2.45) is 0 Å². The van der Waals surface area contributed by atoms with Gasteiger partial charge in [-0.25, -0.2) is 0 Å². The van der Waals surface area contributed by atoms with Gasteiger partial charge in [0.25, 0.3) is 5.69 Å². The van der Waals surface area contributed by atoms with Crippen LogP contribution < -0.4 is 0 Å². The highest BCUT2D eigenvalue weighted by atomic mass is 35.5. The third-order valence-corrected chi connectivity index (χ3v) is 3.98.